The van der Waals surface area contributed by atoms with Crippen LogP contribution in [0.25, 0.3) is 0 Å². The molecule has 7 nitrogen and oxygen atoms in total. The van der Waals surface area contributed by atoms with Crippen molar-refractivity contribution in [3.63, 3.8) is 0 Å². The number of oxime groups is 2. The summed E-state index contributed by atoms with van der Waals surface area (Å²) in [5.74, 6) is -0.487. The van der Waals surface area contributed by atoms with Gasteiger partial charge < -0.3 is 15.3 Å². The number of carbonyl (C=O) groups excluding carboxylic acids is 1. The van der Waals surface area contributed by atoms with Gasteiger partial charge in [-0.15, -0.1) is 0 Å². The molecule has 0 atom stereocenters. The van der Waals surface area contributed by atoms with Crippen LogP contribution in [0, 0.1) is 0 Å². The van der Waals surface area contributed by atoms with Crippen LogP contribution in [0.5, 0.6) is 0 Å². The molecule has 0 aliphatic carbocycles. The van der Waals surface area contributed by atoms with E-state index in [1.165, 1.54) is 0 Å². The summed E-state index contributed by atoms with van der Waals surface area (Å²) in [4.78, 5) is 16.2. The fourth-order valence-electron chi connectivity index (χ4n) is 3.43. The maximum atomic E-state index is 12.4. The van der Waals surface area contributed by atoms with Crippen LogP contribution in [0.15, 0.2) is 58.8 Å². The molecule has 2 aromatic rings. The number of amides is 1. The highest BCUT2D eigenvalue weighted by Gasteiger charge is 2.29. The van der Waals surface area contributed by atoms with E-state index in [4.69, 9.17) is 33.6 Å². The molecule has 3 rings (SSSR count). The lowest BCUT2D eigenvalue weighted by atomic mass is 9.96. The van der Waals surface area contributed by atoms with Crippen molar-refractivity contribution in [1.82, 2.24) is 9.80 Å². The Morgan fingerprint density at radius 2 is 1.38 bits per heavy atom. The summed E-state index contributed by atoms with van der Waals surface area (Å²) >= 11 is 12.1. The minimum Gasteiger partial charge on any atom is -0.411 e. The third-order valence-electron chi connectivity index (χ3n) is 4.84. The molecule has 1 saturated heterocycles. The van der Waals surface area contributed by atoms with Crippen molar-refractivity contribution in [2.45, 2.75) is 6.04 Å². The molecule has 2 N–H and O–H groups in total. The molecule has 0 saturated carbocycles. The highest BCUT2D eigenvalue weighted by Crippen LogP contribution is 2.31. The van der Waals surface area contributed by atoms with Gasteiger partial charge in [0.05, 0.1) is 6.04 Å². The molecule has 1 heterocycles. The van der Waals surface area contributed by atoms with Gasteiger partial charge in [0.2, 0.25) is 0 Å². The van der Waals surface area contributed by atoms with Gasteiger partial charge in [-0.1, -0.05) is 57.8 Å². The van der Waals surface area contributed by atoms with E-state index < -0.39 is 5.91 Å². The fourth-order valence-corrected chi connectivity index (χ4v) is 3.68. The molecule has 29 heavy (non-hydrogen) atoms. The first-order chi connectivity index (χ1) is 14.0. The maximum absolute atomic E-state index is 12.4. The normalized spacial score (nSPS) is 16.0. The van der Waals surface area contributed by atoms with E-state index in [9.17, 15) is 4.79 Å². The van der Waals surface area contributed by atoms with E-state index in [0.29, 0.717) is 36.2 Å². The Labute approximate surface area is 178 Å². The largest absolute Gasteiger partial charge is 0.411 e. The van der Waals surface area contributed by atoms with E-state index in [2.05, 4.69) is 15.2 Å². The van der Waals surface area contributed by atoms with Gasteiger partial charge in [0, 0.05) is 36.2 Å². The molecule has 152 valence electrons. The van der Waals surface area contributed by atoms with Crippen molar-refractivity contribution in [1.29, 1.82) is 0 Å². The fraction of sp³-hybridized carbons (Fsp3) is 0.250. The number of halogens is 2. The molecule has 1 aliphatic heterocycles. The molecule has 1 aliphatic rings. The number of rotatable bonds is 5. The zero-order valence-electron chi connectivity index (χ0n) is 15.4. The quantitative estimate of drug-likeness (QED) is 0.428. The minimum absolute atomic E-state index is 0.0215. The van der Waals surface area contributed by atoms with Gasteiger partial charge in [-0.3, -0.25) is 9.69 Å². The van der Waals surface area contributed by atoms with Crippen LogP contribution in [0.1, 0.15) is 17.2 Å². The van der Waals surface area contributed by atoms with Gasteiger partial charge in [0.15, 0.2) is 5.71 Å². The van der Waals surface area contributed by atoms with Gasteiger partial charge >= 0.3 is 0 Å². The third kappa shape index (κ3) is 5.06. The average Bonchev–Trinajstić information content (AvgIpc) is 2.75. The summed E-state index contributed by atoms with van der Waals surface area (Å²) in [5.41, 5.74) is 1.86. The first-order valence-electron chi connectivity index (χ1n) is 8.97. The predicted octanol–water partition coefficient (Wildman–Crippen LogP) is 3.52. The topological polar surface area (TPSA) is 88.7 Å². The van der Waals surface area contributed by atoms with Gasteiger partial charge in [-0.05, 0) is 35.4 Å². The van der Waals surface area contributed by atoms with E-state index in [0.717, 1.165) is 17.3 Å². The second kappa shape index (κ2) is 9.73. The molecule has 1 amide bonds. The smallest absolute Gasteiger partial charge is 0.277 e. The van der Waals surface area contributed by atoms with Gasteiger partial charge in [-0.25, -0.2) is 0 Å². The van der Waals surface area contributed by atoms with Gasteiger partial charge in [0.25, 0.3) is 5.91 Å². The lowest BCUT2D eigenvalue weighted by molar-refractivity contribution is -0.125. The van der Waals surface area contributed by atoms with Crippen molar-refractivity contribution in [3.8, 4) is 0 Å². The molecule has 2 aromatic carbocycles. The summed E-state index contributed by atoms with van der Waals surface area (Å²) in [6.07, 6.45) is 0.818. The van der Waals surface area contributed by atoms with Crippen molar-refractivity contribution in [2.24, 2.45) is 10.3 Å². The summed E-state index contributed by atoms with van der Waals surface area (Å²) < 4.78 is 0. The van der Waals surface area contributed by atoms with Crippen molar-refractivity contribution in [3.05, 3.63) is 69.7 Å². The highest BCUT2D eigenvalue weighted by molar-refractivity contribution is 6.60. The molecular weight excluding hydrogens is 415 g/mol. The van der Waals surface area contributed by atoms with Crippen molar-refractivity contribution < 1.29 is 15.2 Å². The number of nitrogens with zero attached hydrogens (tertiary/aromatic N) is 4. The number of hydrogen-bond acceptors (Lipinski definition) is 6. The molecule has 0 radical (unpaired) electrons. The molecule has 9 heteroatoms. The van der Waals surface area contributed by atoms with Crippen LogP contribution in [-0.4, -0.2) is 64.2 Å². The molecule has 0 aromatic heterocycles. The number of hydrogen-bond donors (Lipinski definition) is 2. The second-order valence-electron chi connectivity index (χ2n) is 6.56. The predicted molar refractivity (Wildman–Crippen MR) is 112 cm³/mol. The van der Waals surface area contributed by atoms with Crippen LogP contribution in [0.2, 0.25) is 10.0 Å². The van der Waals surface area contributed by atoms with E-state index >= 15 is 0 Å². The van der Waals surface area contributed by atoms with Gasteiger partial charge in [-0.2, -0.15) is 0 Å². The Morgan fingerprint density at radius 3 is 1.79 bits per heavy atom. The van der Waals surface area contributed by atoms with Crippen LogP contribution in [-0.2, 0) is 4.79 Å². The summed E-state index contributed by atoms with van der Waals surface area (Å²) in [5, 5.41) is 24.5. The molecule has 0 spiro atoms. The zero-order valence-corrected chi connectivity index (χ0v) is 17.0. The summed E-state index contributed by atoms with van der Waals surface area (Å²) in [6.45, 7) is 2.09. The molecule has 0 unspecified atom stereocenters. The molecule has 0 bridgehead atoms. The Morgan fingerprint density at radius 1 is 0.897 bits per heavy atom. The lowest BCUT2D eigenvalue weighted by Gasteiger charge is -2.39. The molecule has 1 fully saturated rings. The summed E-state index contributed by atoms with van der Waals surface area (Å²) in [7, 11) is 0. The Kier molecular flexibility index (Phi) is 7.09. The van der Waals surface area contributed by atoms with Crippen molar-refractivity contribution >= 4 is 41.0 Å². The first kappa shape index (κ1) is 21.1. The third-order valence-corrected chi connectivity index (χ3v) is 5.35. The Bertz CT molecular complexity index is 847. The highest BCUT2D eigenvalue weighted by atomic mass is 35.5. The monoisotopic (exact) mass is 434 g/mol. The SMILES string of the molecule is O=C(C(/C=N/O)=N/O)N1CCN(C(c2ccc(Cl)cc2)c2ccc(Cl)cc2)CC1. The van der Waals surface area contributed by atoms with E-state index in [-0.39, 0.29) is 11.8 Å². The lowest BCUT2D eigenvalue weighted by Crippen LogP contribution is -2.51. The first-order valence-corrected chi connectivity index (χ1v) is 9.73. The van der Waals surface area contributed by atoms with Crippen LogP contribution < -0.4 is 0 Å². The standard InChI is InChI=1S/C20H20Cl2N4O3/c21-16-5-1-14(2-6-16)19(15-3-7-17(22)8-4-15)25-9-11-26(12-10-25)20(27)18(24-29)13-23-28/h1-8,13,19,28-29H,9-12H2/b23-13+,24-18+. The van der Waals surface area contributed by atoms with Gasteiger partial charge in [0.1, 0.15) is 6.21 Å². The maximum Gasteiger partial charge on any atom is 0.277 e. The van der Waals surface area contributed by atoms with Crippen molar-refractivity contribution in [2.75, 3.05) is 26.2 Å². The van der Waals surface area contributed by atoms with E-state index in [1.54, 1.807) is 4.90 Å². The minimum atomic E-state index is -0.487. The van der Waals surface area contributed by atoms with Crippen LogP contribution >= 0.6 is 23.2 Å². The number of benzene rings is 2. The molecular formula is C20H20Cl2N4O3. The number of piperazine rings is 1. The Hall–Kier alpha value is -2.61. The Balaban J connectivity index is 1.80. The van der Waals surface area contributed by atoms with E-state index in [1.807, 2.05) is 48.5 Å². The van der Waals surface area contributed by atoms with Crippen LogP contribution in [0.3, 0.4) is 0 Å². The zero-order chi connectivity index (χ0) is 20.8. The number of carbonyl (C=O) groups is 1. The summed E-state index contributed by atoms with van der Waals surface area (Å²) in [6, 6.07) is 15.4. The average molecular weight is 435 g/mol. The second-order valence-corrected chi connectivity index (χ2v) is 7.44. The van der Waals surface area contributed by atoms with Crippen LogP contribution in [0.4, 0.5) is 0 Å².